The molecular formula is C14H24N2O4. The number of urea groups is 1. The second-order valence-corrected chi connectivity index (χ2v) is 5.75. The largest absolute Gasteiger partial charge is 0.481 e. The summed E-state index contributed by atoms with van der Waals surface area (Å²) in [6.45, 7) is 0.733. The van der Waals surface area contributed by atoms with Crippen LogP contribution in [0, 0.1) is 0 Å². The van der Waals surface area contributed by atoms with Crippen molar-refractivity contribution in [3.63, 3.8) is 0 Å². The predicted molar refractivity (Wildman–Crippen MR) is 73.6 cm³/mol. The molecule has 0 aromatic carbocycles. The third kappa shape index (κ3) is 3.85. The van der Waals surface area contributed by atoms with E-state index in [0.29, 0.717) is 6.42 Å². The van der Waals surface area contributed by atoms with E-state index in [4.69, 9.17) is 9.84 Å². The van der Waals surface area contributed by atoms with Crippen LogP contribution in [0.3, 0.4) is 0 Å². The maximum Gasteiger partial charge on any atom is 0.317 e. The number of nitrogens with zero attached hydrogens (tertiary/aromatic N) is 1. The summed E-state index contributed by atoms with van der Waals surface area (Å²) in [5.74, 6) is -0.794. The lowest BCUT2D eigenvalue weighted by Crippen LogP contribution is -2.55. The molecule has 1 heterocycles. The molecule has 6 heteroatoms. The monoisotopic (exact) mass is 284 g/mol. The van der Waals surface area contributed by atoms with Gasteiger partial charge in [-0.1, -0.05) is 0 Å². The normalized spacial score (nSPS) is 29.6. The third-order valence-corrected chi connectivity index (χ3v) is 4.34. The summed E-state index contributed by atoms with van der Waals surface area (Å²) in [5.41, 5.74) is 0. The number of hydrogen-bond donors (Lipinski definition) is 2. The first-order valence-corrected chi connectivity index (χ1v) is 7.42. The molecule has 2 rings (SSSR count). The Morgan fingerprint density at radius 2 is 2.10 bits per heavy atom. The Kier molecular flexibility index (Phi) is 5.23. The zero-order valence-corrected chi connectivity index (χ0v) is 12.0. The smallest absolute Gasteiger partial charge is 0.317 e. The number of hydrogen-bond acceptors (Lipinski definition) is 3. The summed E-state index contributed by atoms with van der Waals surface area (Å²) in [7, 11) is 1.69. The van der Waals surface area contributed by atoms with Gasteiger partial charge in [-0.15, -0.1) is 0 Å². The minimum Gasteiger partial charge on any atom is -0.481 e. The lowest BCUT2D eigenvalue weighted by Gasteiger charge is -2.40. The maximum atomic E-state index is 12.3. The number of carboxylic acid groups (broad SMARTS) is 1. The quantitative estimate of drug-likeness (QED) is 0.803. The summed E-state index contributed by atoms with van der Waals surface area (Å²) in [5, 5.41) is 11.8. The number of methoxy groups -OCH3 is 1. The molecule has 1 atom stereocenters. The van der Waals surface area contributed by atoms with Crippen molar-refractivity contribution < 1.29 is 19.4 Å². The van der Waals surface area contributed by atoms with Crippen LogP contribution in [0.25, 0.3) is 0 Å². The average Bonchev–Trinajstić information content (AvgIpc) is 2.40. The SMILES string of the molecule is COC1CC(NC(=O)N2CCCCC2CCC(=O)O)C1. The molecule has 0 aromatic heterocycles. The lowest BCUT2D eigenvalue weighted by molar-refractivity contribution is -0.137. The molecule has 114 valence electrons. The number of nitrogens with one attached hydrogen (secondary N) is 1. The van der Waals surface area contributed by atoms with Crippen molar-refractivity contribution in [1.29, 1.82) is 0 Å². The van der Waals surface area contributed by atoms with Gasteiger partial charge >= 0.3 is 12.0 Å². The molecule has 0 spiro atoms. The van der Waals surface area contributed by atoms with Gasteiger partial charge < -0.3 is 20.1 Å². The fourth-order valence-electron chi connectivity index (χ4n) is 2.99. The molecule has 2 fully saturated rings. The minimum atomic E-state index is -0.794. The molecule has 6 nitrogen and oxygen atoms in total. The summed E-state index contributed by atoms with van der Waals surface area (Å²) in [6.07, 6.45) is 5.67. The van der Waals surface area contributed by atoms with Crippen molar-refractivity contribution in [2.45, 2.75) is 63.1 Å². The molecule has 2 N–H and O–H groups in total. The number of carbonyl (C=O) groups is 2. The predicted octanol–water partition coefficient (Wildman–Crippen LogP) is 1.59. The molecule has 1 saturated carbocycles. The Morgan fingerprint density at radius 1 is 1.35 bits per heavy atom. The number of rotatable bonds is 5. The highest BCUT2D eigenvalue weighted by Crippen LogP contribution is 2.25. The standard InChI is InChI=1S/C14H24N2O4/c1-20-12-8-10(9-12)15-14(19)16-7-3-2-4-11(16)5-6-13(17)18/h10-12H,2-9H2,1H3,(H,15,19)(H,17,18). The number of likely N-dealkylation sites (tertiary alicyclic amines) is 1. The average molecular weight is 284 g/mol. The van der Waals surface area contributed by atoms with Crippen LogP contribution in [0.15, 0.2) is 0 Å². The first-order chi connectivity index (χ1) is 9.60. The van der Waals surface area contributed by atoms with Crippen LogP contribution >= 0.6 is 0 Å². The van der Waals surface area contributed by atoms with E-state index in [2.05, 4.69) is 5.32 Å². The van der Waals surface area contributed by atoms with Gasteiger partial charge in [-0.25, -0.2) is 4.79 Å². The Hall–Kier alpha value is -1.30. The minimum absolute atomic E-state index is 0.0420. The molecular weight excluding hydrogens is 260 g/mol. The van der Waals surface area contributed by atoms with Crippen molar-refractivity contribution in [3.8, 4) is 0 Å². The molecule has 2 aliphatic rings. The van der Waals surface area contributed by atoms with Gasteiger partial charge in [0.05, 0.1) is 6.10 Å². The van der Waals surface area contributed by atoms with Gasteiger partial charge in [-0.2, -0.15) is 0 Å². The zero-order valence-electron chi connectivity index (χ0n) is 12.0. The van der Waals surface area contributed by atoms with E-state index in [-0.39, 0.29) is 30.6 Å². The number of carboxylic acids is 1. The van der Waals surface area contributed by atoms with Gasteiger partial charge in [-0.3, -0.25) is 4.79 Å². The van der Waals surface area contributed by atoms with Crippen LogP contribution in [0.1, 0.15) is 44.9 Å². The number of aliphatic carboxylic acids is 1. The molecule has 0 aromatic rings. The Bertz CT molecular complexity index is 355. The van der Waals surface area contributed by atoms with Crippen LogP contribution in [0.4, 0.5) is 4.79 Å². The van der Waals surface area contributed by atoms with E-state index in [0.717, 1.165) is 38.6 Å². The third-order valence-electron chi connectivity index (χ3n) is 4.34. The Balaban J connectivity index is 1.80. The van der Waals surface area contributed by atoms with Crippen molar-refractivity contribution >= 4 is 12.0 Å². The number of carbonyl (C=O) groups excluding carboxylic acids is 1. The molecule has 2 amide bonds. The van der Waals surface area contributed by atoms with Crippen LogP contribution in [0.2, 0.25) is 0 Å². The molecule has 1 saturated heterocycles. The fourth-order valence-corrected chi connectivity index (χ4v) is 2.99. The van der Waals surface area contributed by atoms with Gasteiger partial charge in [0.15, 0.2) is 0 Å². The Morgan fingerprint density at radius 3 is 2.75 bits per heavy atom. The highest BCUT2D eigenvalue weighted by Gasteiger charge is 2.33. The summed E-state index contributed by atoms with van der Waals surface area (Å²) < 4.78 is 5.20. The van der Waals surface area contributed by atoms with E-state index in [1.54, 1.807) is 7.11 Å². The molecule has 1 aliphatic heterocycles. The number of piperidine rings is 1. The van der Waals surface area contributed by atoms with Gasteiger partial charge in [0.25, 0.3) is 0 Å². The maximum absolute atomic E-state index is 12.3. The second kappa shape index (κ2) is 6.92. The van der Waals surface area contributed by atoms with Crippen molar-refractivity contribution in [3.05, 3.63) is 0 Å². The van der Waals surface area contributed by atoms with Gasteiger partial charge in [0.2, 0.25) is 0 Å². The summed E-state index contributed by atoms with van der Waals surface area (Å²) in [4.78, 5) is 24.8. The molecule has 20 heavy (non-hydrogen) atoms. The van der Waals surface area contributed by atoms with E-state index in [1.165, 1.54) is 0 Å². The van der Waals surface area contributed by atoms with Crippen LogP contribution < -0.4 is 5.32 Å². The van der Waals surface area contributed by atoms with Gasteiger partial charge in [0, 0.05) is 32.2 Å². The van der Waals surface area contributed by atoms with Crippen LogP contribution in [-0.4, -0.2) is 53.8 Å². The van der Waals surface area contributed by atoms with Crippen LogP contribution in [-0.2, 0) is 9.53 Å². The highest BCUT2D eigenvalue weighted by atomic mass is 16.5. The van der Waals surface area contributed by atoms with Gasteiger partial charge in [-0.05, 0) is 38.5 Å². The van der Waals surface area contributed by atoms with Crippen molar-refractivity contribution in [2.75, 3.05) is 13.7 Å². The van der Waals surface area contributed by atoms with E-state index in [1.807, 2.05) is 4.90 Å². The molecule has 0 radical (unpaired) electrons. The first kappa shape index (κ1) is 15.1. The van der Waals surface area contributed by atoms with E-state index in [9.17, 15) is 9.59 Å². The number of ether oxygens (including phenoxy) is 1. The van der Waals surface area contributed by atoms with Gasteiger partial charge in [0.1, 0.15) is 0 Å². The summed E-state index contributed by atoms with van der Waals surface area (Å²) >= 11 is 0. The van der Waals surface area contributed by atoms with Crippen molar-refractivity contribution in [1.82, 2.24) is 10.2 Å². The topological polar surface area (TPSA) is 78.9 Å². The van der Waals surface area contributed by atoms with Crippen molar-refractivity contribution in [2.24, 2.45) is 0 Å². The molecule has 1 aliphatic carbocycles. The second-order valence-electron chi connectivity index (χ2n) is 5.75. The summed E-state index contributed by atoms with van der Waals surface area (Å²) in [6, 6.07) is 0.229. The first-order valence-electron chi connectivity index (χ1n) is 7.42. The number of amides is 2. The Labute approximate surface area is 119 Å². The van der Waals surface area contributed by atoms with E-state index >= 15 is 0 Å². The fraction of sp³-hybridized carbons (Fsp3) is 0.857. The highest BCUT2D eigenvalue weighted by molar-refractivity contribution is 5.75. The lowest BCUT2D eigenvalue weighted by atomic mass is 9.89. The molecule has 1 unspecified atom stereocenters. The molecule has 0 bridgehead atoms. The zero-order chi connectivity index (χ0) is 14.5. The van der Waals surface area contributed by atoms with Crippen LogP contribution in [0.5, 0.6) is 0 Å². The van der Waals surface area contributed by atoms with E-state index < -0.39 is 5.97 Å².